The molecule has 2 aromatic rings. The highest BCUT2D eigenvalue weighted by molar-refractivity contribution is 7.98. The Morgan fingerprint density at radius 1 is 1.19 bits per heavy atom. The first-order chi connectivity index (χ1) is 10.1. The molecule has 0 saturated heterocycles. The van der Waals surface area contributed by atoms with Gasteiger partial charge >= 0.3 is 0 Å². The molecule has 0 aliphatic heterocycles. The lowest BCUT2D eigenvalue weighted by Gasteiger charge is -2.05. The highest BCUT2D eigenvalue weighted by atomic mass is 32.2. The summed E-state index contributed by atoms with van der Waals surface area (Å²) < 4.78 is 2.01. The minimum absolute atomic E-state index is 0.0512. The molecule has 0 spiro atoms. The van der Waals surface area contributed by atoms with Gasteiger partial charge in [0, 0.05) is 22.9 Å². The molecule has 0 aliphatic carbocycles. The average molecular weight is 302 g/mol. The van der Waals surface area contributed by atoms with Crippen molar-refractivity contribution in [1.29, 1.82) is 0 Å². The van der Waals surface area contributed by atoms with E-state index in [-0.39, 0.29) is 17.5 Å². The van der Waals surface area contributed by atoms with Gasteiger partial charge in [0.25, 0.3) is 0 Å². The highest BCUT2D eigenvalue weighted by Crippen LogP contribution is 2.23. The number of phenols is 1. The summed E-state index contributed by atoms with van der Waals surface area (Å²) in [7, 11) is 0. The molecule has 0 aliphatic rings. The van der Waals surface area contributed by atoms with Crippen molar-refractivity contribution < 1.29 is 14.5 Å². The topological polar surface area (TPSA) is 41.2 Å². The van der Waals surface area contributed by atoms with E-state index in [4.69, 9.17) is 0 Å². The quantitative estimate of drug-likeness (QED) is 0.658. The second-order valence-electron chi connectivity index (χ2n) is 5.22. The molecule has 0 amide bonds. The van der Waals surface area contributed by atoms with Crippen LogP contribution >= 0.6 is 11.8 Å². The smallest absolute Gasteiger partial charge is 0.207 e. The second-order valence-corrected chi connectivity index (χ2v) is 6.27. The molecule has 0 fully saturated rings. The molecular formula is C17H20NO2S+. The number of ketones is 1. The Morgan fingerprint density at radius 3 is 2.57 bits per heavy atom. The fourth-order valence-electron chi connectivity index (χ4n) is 1.85. The predicted octanol–water partition coefficient (Wildman–Crippen LogP) is 3.20. The van der Waals surface area contributed by atoms with Crippen LogP contribution in [0.25, 0.3) is 0 Å². The van der Waals surface area contributed by atoms with Crippen LogP contribution in [0.15, 0.2) is 53.6 Å². The molecule has 0 bridgehead atoms. The van der Waals surface area contributed by atoms with Gasteiger partial charge in [-0.3, -0.25) is 4.79 Å². The maximum Gasteiger partial charge on any atom is 0.207 e. The predicted molar refractivity (Wildman–Crippen MR) is 84.1 cm³/mol. The summed E-state index contributed by atoms with van der Waals surface area (Å²) in [6.07, 6.45) is 1.95. The van der Waals surface area contributed by atoms with Crippen molar-refractivity contribution in [2.45, 2.75) is 31.0 Å². The molecule has 3 nitrogen and oxygen atoms in total. The number of phenolic OH excluding ortho intramolecular Hbond substituents is 1. The molecular weight excluding hydrogens is 282 g/mol. The summed E-state index contributed by atoms with van der Waals surface area (Å²) in [5, 5.41) is 9.29. The maximum absolute atomic E-state index is 11.9. The van der Waals surface area contributed by atoms with E-state index in [1.54, 1.807) is 23.9 Å². The first kappa shape index (κ1) is 15.6. The van der Waals surface area contributed by atoms with Crippen molar-refractivity contribution >= 4 is 17.5 Å². The van der Waals surface area contributed by atoms with Gasteiger partial charge < -0.3 is 5.11 Å². The summed E-state index contributed by atoms with van der Waals surface area (Å²) >= 11 is 1.69. The Bertz CT molecular complexity index is 608. The molecule has 0 unspecified atom stereocenters. The van der Waals surface area contributed by atoms with E-state index in [2.05, 4.69) is 0 Å². The lowest BCUT2D eigenvalue weighted by Crippen LogP contribution is -2.42. The van der Waals surface area contributed by atoms with Gasteiger partial charge in [-0.25, -0.2) is 0 Å². The first-order valence-corrected chi connectivity index (χ1v) is 7.96. The number of nitrogens with zero attached hydrogens (tertiary/aromatic N) is 1. The Labute approximate surface area is 129 Å². The number of carbonyl (C=O) groups excluding carboxylic acids is 1. The normalized spacial score (nSPS) is 10.8. The van der Waals surface area contributed by atoms with Crippen LogP contribution in [0, 0.1) is 5.92 Å². The van der Waals surface area contributed by atoms with E-state index < -0.39 is 0 Å². The number of carbonyl (C=O) groups is 1. The largest absolute Gasteiger partial charge is 0.508 e. The summed E-state index contributed by atoms with van der Waals surface area (Å²) in [6.45, 7) is 4.28. The molecule has 4 heteroatoms. The average Bonchev–Trinajstić information content (AvgIpc) is 2.48. The monoisotopic (exact) mass is 302 g/mol. The van der Waals surface area contributed by atoms with Gasteiger partial charge in [-0.05, 0) is 24.3 Å². The Morgan fingerprint density at radius 2 is 1.90 bits per heavy atom. The van der Waals surface area contributed by atoms with E-state index in [1.165, 1.54) is 0 Å². The van der Waals surface area contributed by atoms with E-state index in [0.717, 1.165) is 16.3 Å². The van der Waals surface area contributed by atoms with Gasteiger partial charge in [0.2, 0.25) is 6.54 Å². The summed E-state index contributed by atoms with van der Waals surface area (Å²) in [5.74, 6) is 1.35. The number of hydrogen-bond acceptors (Lipinski definition) is 3. The number of benzene rings is 1. The third-order valence-corrected chi connectivity index (χ3v) is 4.27. The third kappa shape index (κ3) is 4.60. The minimum Gasteiger partial charge on any atom is -0.508 e. The van der Waals surface area contributed by atoms with Crippen molar-refractivity contribution in [2.24, 2.45) is 5.92 Å². The lowest BCUT2D eigenvalue weighted by molar-refractivity contribution is -0.691. The van der Waals surface area contributed by atoms with Gasteiger partial charge in [-0.15, -0.1) is 11.8 Å². The van der Waals surface area contributed by atoms with Crippen molar-refractivity contribution in [1.82, 2.24) is 0 Å². The molecule has 1 aromatic carbocycles. The van der Waals surface area contributed by atoms with E-state index >= 15 is 0 Å². The molecule has 2 rings (SSSR count). The molecule has 0 radical (unpaired) electrons. The van der Waals surface area contributed by atoms with E-state index in [1.807, 2.05) is 54.9 Å². The highest BCUT2D eigenvalue weighted by Gasteiger charge is 2.17. The first-order valence-electron chi connectivity index (χ1n) is 6.98. The van der Waals surface area contributed by atoms with Crippen LogP contribution < -0.4 is 4.57 Å². The van der Waals surface area contributed by atoms with Crippen molar-refractivity contribution in [3.05, 3.63) is 54.4 Å². The zero-order chi connectivity index (χ0) is 15.2. The lowest BCUT2D eigenvalue weighted by atomic mass is 10.1. The van der Waals surface area contributed by atoms with E-state index in [0.29, 0.717) is 6.54 Å². The van der Waals surface area contributed by atoms with Gasteiger partial charge in [-0.1, -0.05) is 19.9 Å². The molecule has 1 N–H and O–H groups in total. The van der Waals surface area contributed by atoms with Crippen LogP contribution in [0.5, 0.6) is 5.75 Å². The number of aromatic hydroxyl groups is 1. The maximum atomic E-state index is 11.9. The molecule has 0 saturated carbocycles. The molecule has 1 aromatic heterocycles. The van der Waals surface area contributed by atoms with Gasteiger partial charge in [0.1, 0.15) is 5.75 Å². The van der Waals surface area contributed by atoms with Crippen LogP contribution in [0.3, 0.4) is 0 Å². The van der Waals surface area contributed by atoms with Crippen LogP contribution in [0.1, 0.15) is 19.5 Å². The number of Topliss-reactive ketones (excluding diaryl/α,β-unsaturated/α-hetero) is 1. The minimum atomic E-state index is 0.0512. The van der Waals surface area contributed by atoms with Gasteiger partial charge in [-0.2, -0.15) is 4.57 Å². The molecule has 0 atom stereocenters. The molecule has 110 valence electrons. The van der Waals surface area contributed by atoms with E-state index in [9.17, 15) is 9.90 Å². The standard InChI is InChI=1S/C17H19NO2S/c1-13(2)17(20)11-18-10-4-3-5-14(18)12-21-16-8-6-15(19)7-9-16/h3-10,13H,11-12H2,1-2H3/p+1. The van der Waals surface area contributed by atoms with Crippen LogP contribution in [-0.4, -0.2) is 10.9 Å². The summed E-state index contributed by atoms with van der Waals surface area (Å²) in [6, 6.07) is 13.1. The van der Waals surface area contributed by atoms with Gasteiger partial charge in [0.05, 0.1) is 5.75 Å². The molecule has 1 heterocycles. The second kappa shape index (κ2) is 7.27. The zero-order valence-electron chi connectivity index (χ0n) is 12.3. The number of thioether (sulfide) groups is 1. The van der Waals surface area contributed by atoms with Crippen molar-refractivity contribution in [2.75, 3.05) is 0 Å². The Balaban J connectivity index is 2.06. The van der Waals surface area contributed by atoms with Crippen LogP contribution in [-0.2, 0) is 17.1 Å². The number of pyridine rings is 1. The van der Waals surface area contributed by atoms with Gasteiger partial charge in [0.15, 0.2) is 17.7 Å². The van der Waals surface area contributed by atoms with Crippen LogP contribution in [0.2, 0.25) is 0 Å². The fraction of sp³-hybridized carbons (Fsp3) is 0.294. The number of aromatic nitrogens is 1. The Kier molecular flexibility index (Phi) is 5.39. The SMILES string of the molecule is CC(C)C(=O)C[n+]1ccccc1CSc1ccc(O)cc1. The van der Waals surface area contributed by atoms with Crippen molar-refractivity contribution in [3.8, 4) is 5.75 Å². The number of rotatable bonds is 6. The van der Waals surface area contributed by atoms with Crippen molar-refractivity contribution in [3.63, 3.8) is 0 Å². The molecule has 21 heavy (non-hydrogen) atoms. The van der Waals surface area contributed by atoms with Crippen LogP contribution in [0.4, 0.5) is 0 Å². The third-order valence-electron chi connectivity index (χ3n) is 3.23. The summed E-state index contributed by atoms with van der Waals surface area (Å²) in [5.41, 5.74) is 1.12. The zero-order valence-corrected chi connectivity index (χ0v) is 13.1. The Hall–Kier alpha value is -1.81. The summed E-state index contributed by atoms with van der Waals surface area (Å²) in [4.78, 5) is 13.0. The fourth-order valence-corrected chi connectivity index (χ4v) is 2.75. The number of hydrogen-bond donors (Lipinski definition) is 1.